The summed E-state index contributed by atoms with van der Waals surface area (Å²) in [5.41, 5.74) is 2.63. The minimum atomic E-state index is -0.308. The zero-order chi connectivity index (χ0) is 15.4. The quantitative estimate of drug-likeness (QED) is 0.937. The maximum Gasteiger partial charge on any atom is 0.254 e. The molecule has 0 aliphatic heterocycles. The second-order valence-corrected chi connectivity index (χ2v) is 5.62. The molecule has 0 fully saturated rings. The van der Waals surface area contributed by atoms with Crippen molar-refractivity contribution in [1.29, 1.82) is 0 Å². The molecule has 1 aromatic carbocycles. The smallest absolute Gasteiger partial charge is 0.254 e. The average molecular weight is 324 g/mol. The third-order valence-corrected chi connectivity index (χ3v) is 3.59. The summed E-state index contributed by atoms with van der Waals surface area (Å²) in [6, 6.07) is 9.45. The largest absolute Gasteiger partial charge is 0.349 e. The van der Waals surface area contributed by atoms with Gasteiger partial charge in [-0.15, -0.1) is 10.2 Å². The fraction of sp³-hybridized carbons (Fsp3) is 0.267. The molecule has 1 aromatic heterocycles. The molecule has 1 heterocycles. The van der Waals surface area contributed by atoms with E-state index in [0.717, 1.165) is 6.42 Å². The first-order chi connectivity index (χ1) is 9.97. The van der Waals surface area contributed by atoms with Gasteiger partial charge in [-0.05, 0) is 37.5 Å². The number of aryl methyl sites for hydroxylation is 1. The number of carbonyl (C=O) groups is 1. The minimum Gasteiger partial charge on any atom is -0.349 e. The molecule has 0 spiro atoms. The lowest BCUT2D eigenvalue weighted by Crippen LogP contribution is -2.34. The summed E-state index contributed by atoms with van der Waals surface area (Å²) in [5.74, 6) is -0.308. The van der Waals surface area contributed by atoms with Crippen LogP contribution in [0.5, 0.6) is 0 Å². The normalized spacial score (nSPS) is 12.0. The summed E-state index contributed by atoms with van der Waals surface area (Å²) in [6.45, 7) is 3.99. The molecule has 0 aliphatic carbocycles. The van der Waals surface area contributed by atoms with Gasteiger partial charge >= 0.3 is 0 Å². The standard InChI is InChI=1S/C15H15Cl2N3O/c1-9-5-3-4-6-11(9)7-10(2)18-15(21)12-8-13(16)19-20-14(12)17/h3-6,8,10H,7H2,1-2H3,(H,18,21). The summed E-state index contributed by atoms with van der Waals surface area (Å²) in [7, 11) is 0. The van der Waals surface area contributed by atoms with Crippen LogP contribution in [0.15, 0.2) is 30.3 Å². The minimum absolute atomic E-state index is 0.0402. The van der Waals surface area contributed by atoms with Crippen LogP contribution in [-0.4, -0.2) is 22.1 Å². The van der Waals surface area contributed by atoms with Gasteiger partial charge in [-0.3, -0.25) is 4.79 Å². The van der Waals surface area contributed by atoms with E-state index in [1.807, 2.05) is 32.0 Å². The Balaban J connectivity index is 2.06. The first kappa shape index (κ1) is 15.7. The van der Waals surface area contributed by atoms with Crippen molar-refractivity contribution in [3.8, 4) is 0 Å². The molecule has 1 amide bonds. The van der Waals surface area contributed by atoms with E-state index >= 15 is 0 Å². The number of benzene rings is 1. The molecule has 2 rings (SSSR count). The van der Waals surface area contributed by atoms with E-state index in [1.165, 1.54) is 17.2 Å². The Morgan fingerprint density at radius 1 is 1.29 bits per heavy atom. The molecular weight excluding hydrogens is 309 g/mol. The first-order valence-corrected chi connectivity index (χ1v) is 7.27. The molecule has 0 saturated heterocycles. The van der Waals surface area contributed by atoms with Gasteiger partial charge in [-0.1, -0.05) is 47.5 Å². The Morgan fingerprint density at radius 3 is 2.71 bits per heavy atom. The maximum atomic E-state index is 12.2. The van der Waals surface area contributed by atoms with Gasteiger partial charge in [0.2, 0.25) is 0 Å². The van der Waals surface area contributed by atoms with Crippen LogP contribution in [-0.2, 0) is 6.42 Å². The molecule has 2 aromatic rings. The molecule has 6 heteroatoms. The molecule has 0 saturated carbocycles. The predicted octanol–water partition coefficient (Wildman–Crippen LogP) is 3.45. The van der Waals surface area contributed by atoms with Gasteiger partial charge in [0, 0.05) is 6.04 Å². The molecule has 1 atom stereocenters. The van der Waals surface area contributed by atoms with Crippen molar-refractivity contribution < 1.29 is 4.79 Å². The van der Waals surface area contributed by atoms with Crippen molar-refractivity contribution >= 4 is 29.1 Å². The molecule has 21 heavy (non-hydrogen) atoms. The fourth-order valence-corrected chi connectivity index (χ4v) is 2.36. The van der Waals surface area contributed by atoms with E-state index in [9.17, 15) is 4.79 Å². The average Bonchev–Trinajstić information content (AvgIpc) is 2.44. The molecule has 0 bridgehead atoms. The van der Waals surface area contributed by atoms with Crippen LogP contribution < -0.4 is 5.32 Å². The Kier molecular flexibility index (Phi) is 5.15. The number of halogens is 2. The van der Waals surface area contributed by atoms with E-state index in [2.05, 4.69) is 21.6 Å². The van der Waals surface area contributed by atoms with Crippen LogP contribution in [0.4, 0.5) is 0 Å². The van der Waals surface area contributed by atoms with Crippen molar-refractivity contribution in [3.63, 3.8) is 0 Å². The molecule has 1 unspecified atom stereocenters. The third-order valence-electron chi connectivity index (χ3n) is 3.13. The van der Waals surface area contributed by atoms with E-state index in [0.29, 0.717) is 0 Å². The Hall–Kier alpha value is -1.65. The van der Waals surface area contributed by atoms with Crippen molar-refractivity contribution in [3.05, 3.63) is 57.3 Å². The highest BCUT2D eigenvalue weighted by atomic mass is 35.5. The van der Waals surface area contributed by atoms with Gasteiger partial charge < -0.3 is 5.32 Å². The maximum absolute atomic E-state index is 12.2. The number of nitrogens with zero attached hydrogens (tertiary/aromatic N) is 2. The van der Waals surface area contributed by atoms with Gasteiger partial charge in [0.25, 0.3) is 5.91 Å². The van der Waals surface area contributed by atoms with E-state index in [1.54, 1.807) is 0 Å². The summed E-state index contributed by atoms with van der Waals surface area (Å²) in [5, 5.41) is 10.3. The lowest BCUT2D eigenvalue weighted by Gasteiger charge is -2.15. The van der Waals surface area contributed by atoms with Gasteiger partial charge in [0.15, 0.2) is 10.3 Å². The van der Waals surface area contributed by atoms with Crippen molar-refractivity contribution in [2.24, 2.45) is 0 Å². The van der Waals surface area contributed by atoms with Crippen LogP contribution >= 0.6 is 23.2 Å². The number of nitrogens with one attached hydrogen (secondary N) is 1. The molecule has 110 valence electrons. The van der Waals surface area contributed by atoms with Gasteiger partial charge in [0.05, 0.1) is 5.56 Å². The van der Waals surface area contributed by atoms with Crippen LogP contribution in [0.25, 0.3) is 0 Å². The summed E-state index contributed by atoms with van der Waals surface area (Å²) >= 11 is 11.6. The predicted molar refractivity (Wildman–Crippen MR) is 83.9 cm³/mol. The zero-order valence-corrected chi connectivity index (χ0v) is 13.2. The highest BCUT2D eigenvalue weighted by Crippen LogP contribution is 2.16. The van der Waals surface area contributed by atoms with Crippen LogP contribution in [0.2, 0.25) is 10.3 Å². The Morgan fingerprint density at radius 2 is 2.00 bits per heavy atom. The van der Waals surface area contributed by atoms with Crippen LogP contribution in [0.1, 0.15) is 28.4 Å². The summed E-state index contributed by atoms with van der Waals surface area (Å²) < 4.78 is 0. The highest BCUT2D eigenvalue weighted by Gasteiger charge is 2.16. The van der Waals surface area contributed by atoms with Crippen molar-refractivity contribution in [2.75, 3.05) is 0 Å². The van der Waals surface area contributed by atoms with E-state index in [-0.39, 0.29) is 27.8 Å². The lowest BCUT2D eigenvalue weighted by molar-refractivity contribution is 0.0939. The number of rotatable bonds is 4. The number of aromatic nitrogens is 2. The fourth-order valence-electron chi connectivity index (χ4n) is 2.03. The Labute approximate surface area is 133 Å². The molecular formula is C15H15Cl2N3O. The number of amides is 1. The van der Waals surface area contributed by atoms with E-state index in [4.69, 9.17) is 23.2 Å². The van der Waals surface area contributed by atoms with Crippen LogP contribution in [0.3, 0.4) is 0 Å². The first-order valence-electron chi connectivity index (χ1n) is 6.51. The van der Waals surface area contributed by atoms with Gasteiger partial charge in [-0.2, -0.15) is 0 Å². The van der Waals surface area contributed by atoms with Gasteiger partial charge in [-0.25, -0.2) is 0 Å². The second kappa shape index (κ2) is 6.87. The van der Waals surface area contributed by atoms with Crippen molar-refractivity contribution in [1.82, 2.24) is 15.5 Å². The molecule has 4 nitrogen and oxygen atoms in total. The lowest BCUT2D eigenvalue weighted by atomic mass is 10.0. The number of hydrogen-bond donors (Lipinski definition) is 1. The van der Waals surface area contributed by atoms with Crippen molar-refractivity contribution in [2.45, 2.75) is 26.3 Å². The zero-order valence-electron chi connectivity index (χ0n) is 11.7. The number of hydrogen-bond acceptors (Lipinski definition) is 3. The number of carbonyl (C=O) groups excluding carboxylic acids is 1. The van der Waals surface area contributed by atoms with Crippen LogP contribution in [0, 0.1) is 6.92 Å². The summed E-state index contributed by atoms with van der Waals surface area (Å²) in [6.07, 6.45) is 0.738. The molecule has 0 radical (unpaired) electrons. The van der Waals surface area contributed by atoms with Gasteiger partial charge in [0.1, 0.15) is 0 Å². The molecule has 1 N–H and O–H groups in total. The Bertz CT molecular complexity index is 661. The third kappa shape index (κ3) is 4.16. The summed E-state index contributed by atoms with van der Waals surface area (Å²) in [4.78, 5) is 12.2. The highest BCUT2D eigenvalue weighted by molar-refractivity contribution is 6.34. The topological polar surface area (TPSA) is 54.9 Å². The monoisotopic (exact) mass is 323 g/mol. The SMILES string of the molecule is Cc1ccccc1CC(C)NC(=O)c1cc(Cl)nnc1Cl. The second-order valence-electron chi connectivity index (χ2n) is 4.88. The molecule has 0 aliphatic rings. The van der Waals surface area contributed by atoms with E-state index < -0.39 is 0 Å².